The predicted octanol–water partition coefficient (Wildman–Crippen LogP) is 1.86. The highest BCUT2D eigenvalue weighted by molar-refractivity contribution is 5.82. The van der Waals surface area contributed by atoms with Crippen molar-refractivity contribution < 1.29 is 14.6 Å². The summed E-state index contributed by atoms with van der Waals surface area (Å²) in [4.78, 5) is 11.6. The van der Waals surface area contributed by atoms with Crippen LogP contribution in [0.15, 0.2) is 12.2 Å². The van der Waals surface area contributed by atoms with E-state index < -0.39 is 11.7 Å². The molecule has 1 fully saturated rings. The van der Waals surface area contributed by atoms with Crippen LogP contribution in [0.3, 0.4) is 0 Å². The number of esters is 1. The molecule has 0 bridgehead atoms. The number of cyclic esters (lactones) is 1. The Kier molecular flexibility index (Phi) is 3.00. The predicted molar refractivity (Wildman–Crippen MR) is 53.4 cm³/mol. The number of ether oxygens (including phenoxy) is 1. The molecule has 1 N–H and O–H groups in total. The molecule has 1 saturated heterocycles. The van der Waals surface area contributed by atoms with Gasteiger partial charge in [0.25, 0.3) is 0 Å². The van der Waals surface area contributed by atoms with Crippen LogP contribution in [0, 0.1) is 11.3 Å². The molecule has 3 heteroatoms. The number of hydrogen-bond acceptors (Lipinski definition) is 3. The number of carbonyl (C=O) groups is 1. The van der Waals surface area contributed by atoms with E-state index in [1.54, 1.807) is 0 Å². The van der Waals surface area contributed by atoms with Crippen LogP contribution in [0.5, 0.6) is 0 Å². The molecule has 1 aliphatic rings. The van der Waals surface area contributed by atoms with Crippen molar-refractivity contribution >= 4 is 5.97 Å². The third-order valence-electron chi connectivity index (χ3n) is 2.73. The minimum absolute atomic E-state index is 0.328. The van der Waals surface area contributed by atoms with Crippen molar-refractivity contribution in [2.75, 3.05) is 0 Å². The molecule has 0 radical (unpaired) electrons. The van der Waals surface area contributed by atoms with E-state index in [4.69, 9.17) is 4.74 Å². The van der Waals surface area contributed by atoms with Gasteiger partial charge in [0.15, 0.2) is 0 Å². The summed E-state index contributed by atoms with van der Waals surface area (Å²) in [6.45, 7) is 9.75. The lowest BCUT2D eigenvalue weighted by Gasteiger charge is -2.26. The lowest BCUT2D eigenvalue weighted by molar-refractivity contribution is -0.157. The Morgan fingerprint density at radius 1 is 1.79 bits per heavy atom. The normalized spacial score (nSPS) is 32.1. The number of aliphatic hydroxyl groups is 1. The van der Waals surface area contributed by atoms with Gasteiger partial charge in [0.2, 0.25) is 6.29 Å². The second-order valence-electron chi connectivity index (χ2n) is 4.52. The maximum atomic E-state index is 11.6. The molecule has 1 rings (SSSR count). The molecule has 0 aromatic rings. The van der Waals surface area contributed by atoms with Crippen LogP contribution in [0.2, 0.25) is 0 Å². The van der Waals surface area contributed by atoms with Crippen molar-refractivity contribution in [2.24, 2.45) is 11.3 Å². The van der Waals surface area contributed by atoms with E-state index in [9.17, 15) is 9.90 Å². The zero-order valence-electron chi connectivity index (χ0n) is 9.04. The van der Waals surface area contributed by atoms with Crippen molar-refractivity contribution in [1.29, 1.82) is 0 Å². The number of carbonyl (C=O) groups excluding carboxylic acids is 1. The van der Waals surface area contributed by atoms with E-state index in [2.05, 4.69) is 6.58 Å². The standard InChI is InChI=1S/C11H18O3/c1-7(2)5-11(8(3)4)6-9(12)14-10(11)13/h7,9,12H,3,5-6H2,1-2,4H3. The van der Waals surface area contributed by atoms with Gasteiger partial charge in [-0.2, -0.15) is 0 Å². The summed E-state index contributed by atoms with van der Waals surface area (Å²) in [7, 11) is 0. The summed E-state index contributed by atoms with van der Waals surface area (Å²) in [6.07, 6.45) is 0.0790. The number of rotatable bonds is 3. The Balaban J connectivity index is 2.93. The van der Waals surface area contributed by atoms with Gasteiger partial charge in [-0.1, -0.05) is 26.0 Å². The molecule has 80 valence electrons. The molecule has 14 heavy (non-hydrogen) atoms. The molecule has 0 saturated carbocycles. The lowest BCUT2D eigenvalue weighted by Crippen LogP contribution is -2.29. The Labute approximate surface area is 84.8 Å². The molecule has 2 unspecified atom stereocenters. The number of hydrogen-bond donors (Lipinski definition) is 1. The average Bonchev–Trinajstić information content (AvgIpc) is 2.26. The summed E-state index contributed by atoms with van der Waals surface area (Å²) >= 11 is 0. The highest BCUT2D eigenvalue weighted by atomic mass is 16.6. The van der Waals surface area contributed by atoms with Gasteiger partial charge >= 0.3 is 5.97 Å². The summed E-state index contributed by atoms with van der Waals surface area (Å²) in [5, 5.41) is 9.31. The fraction of sp³-hybridized carbons (Fsp3) is 0.727. The molecule has 0 aliphatic carbocycles. The first-order valence-electron chi connectivity index (χ1n) is 4.93. The van der Waals surface area contributed by atoms with E-state index in [0.29, 0.717) is 18.8 Å². The van der Waals surface area contributed by atoms with Crippen LogP contribution in [0.1, 0.15) is 33.6 Å². The third-order valence-corrected chi connectivity index (χ3v) is 2.73. The van der Waals surface area contributed by atoms with Crippen molar-refractivity contribution in [1.82, 2.24) is 0 Å². The van der Waals surface area contributed by atoms with Gasteiger partial charge in [-0.3, -0.25) is 4.79 Å². The molecule has 1 aliphatic heterocycles. The van der Waals surface area contributed by atoms with Gasteiger partial charge in [0, 0.05) is 6.42 Å². The summed E-state index contributed by atoms with van der Waals surface area (Å²) in [5.74, 6) is 0.0516. The maximum Gasteiger partial charge on any atom is 0.318 e. The molecule has 0 amide bonds. The van der Waals surface area contributed by atoms with Crippen molar-refractivity contribution in [2.45, 2.75) is 39.9 Å². The molecule has 0 aromatic carbocycles. The average molecular weight is 198 g/mol. The van der Waals surface area contributed by atoms with E-state index >= 15 is 0 Å². The third kappa shape index (κ3) is 1.82. The number of aliphatic hydroxyl groups excluding tert-OH is 1. The minimum Gasteiger partial charge on any atom is -0.435 e. The van der Waals surface area contributed by atoms with Crippen LogP contribution in [-0.2, 0) is 9.53 Å². The highest BCUT2D eigenvalue weighted by Crippen LogP contribution is 2.44. The maximum absolute atomic E-state index is 11.6. The fourth-order valence-electron chi connectivity index (χ4n) is 2.05. The van der Waals surface area contributed by atoms with Gasteiger partial charge in [-0.05, 0) is 19.3 Å². The van der Waals surface area contributed by atoms with E-state index in [1.807, 2.05) is 20.8 Å². The van der Waals surface area contributed by atoms with Crippen LogP contribution >= 0.6 is 0 Å². The van der Waals surface area contributed by atoms with Crippen molar-refractivity contribution in [3.63, 3.8) is 0 Å². The highest BCUT2D eigenvalue weighted by Gasteiger charge is 2.49. The second-order valence-corrected chi connectivity index (χ2v) is 4.52. The summed E-state index contributed by atoms with van der Waals surface area (Å²) in [6, 6.07) is 0. The minimum atomic E-state index is -0.960. The summed E-state index contributed by atoms with van der Waals surface area (Å²) in [5.41, 5.74) is 0.126. The van der Waals surface area contributed by atoms with Crippen LogP contribution in [0.4, 0.5) is 0 Å². The first-order valence-corrected chi connectivity index (χ1v) is 4.93. The first kappa shape index (κ1) is 11.2. The van der Waals surface area contributed by atoms with Crippen molar-refractivity contribution in [3.05, 3.63) is 12.2 Å². The molecule has 0 aromatic heterocycles. The van der Waals surface area contributed by atoms with Crippen LogP contribution < -0.4 is 0 Å². The summed E-state index contributed by atoms with van der Waals surface area (Å²) < 4.78 is 4.80. The van der Waals surface area contributed by atoms with Gasteiger partial charge in [-0.25, -0.2) is 0 Å². The Morgan fingerprint density at radius 2 is 2.36 bits per heavy atom. The lowest BCUT2D eigenvalue weighted by atomic mass is 9.74. The Bertz CT molecular complexity index is 257. The largest absolute Gasteiger partial charge is 0.435 e. The van der Waals surface area contributed by atoms with Crippen LogP contribution in [-0.4, -0.2) is 17.4 Å². The first-order chi connectivity index (χ1) is 6.38. The smallest absolute Gasteiger partial charge is 0.318 e. The van der Waals surface area contributed by atoms with Gasteiger partial charge in [0.05, 0.1) is 5.41 Å². The SMILES string of the molecule is C=C(C)C1(CC(C)C)CC(O)OC1=O. The zero-order valence-corrected chi connectivity index (χ0v) is 9.04. The molecule has 2 atom stereocenters. The topological polar surface area (TPSA) is 46.5 Å². The quantitative estimate of drug-likeness (QED) is 0.556. The fourth-order valence-corrected chi connectivity index (χ4v) is 2.05. The second kappa shape index (κ2) is 3.73. The van der Waals surface area contributed by atoms with E-state index in [-0.39, 0.29) is 5.97 Å². The zero-order chi connectivity index (χ0) is 10.9. The van der Waals surface area contributed by atoms with Gasteiger partial charge in [-0.15, -0.1) is 0 Å². The Hall–Kier alpha value is -0.830. The molecule has 0 spiro atoms. The molecule has 1 heterocycles. The molecule has 3 nitrogen and oxygen atoms in total. The van der Waals surface area contributed by atoms with E-state index in [0.717, 1.165) is 5.57 Å². The monoisotopic (exact) mass is 198 g/mol. The van der Waals surface area contributed by atoms with Crippen LogP contribution in [0.25, 0.3) is 0 Å². The van der Waals surface area contributed by atoms with Gasteiger partial charge in [0.1, 0.15) is 0 Å². The Morgan fingerprint density at radius 3 is 2.64 bits per heavy atom. The van der Waals surface area contributed by atoms with Gasteiger partial charge < -0.3 is 9.84 Å². The van der Waals surface area contributed by atoms with E-state index in [1.165, 1.54) is 0 Å². The molecular weight excluding hydrogens is 180 g/mol. The van der Waals surface area contributed by atoms with Crippen molar-refractivity contribution in [3.8, 4) is 0 Å². The molecular formula is C11H18O3.